The van der Waals surface area contributed by atoms with Gasteiger partial charge in [-0.1, -0.05) is 43.3 Å². The molecule has 2 aromatic rings. The van der Waals surface area contributed by atoms with Crippen LogP contribution in [0.2, 0.25) is 0 Å². The van der Waals surface area contributed by atoms with Gasteiger partial charge in [0.05, 0.1) is 7.11 Å². The minimum absolute atomic E-state index is 0.230. The van der Waals surface area contributed by atoms with Crippen molar-refractivity contribution in [2.24, 2.45) is 0 Å². The van der Waals surface area contributed by atoms with Gasteiger partial charge in [-0.15, -0.1) is 0 Å². The van der Waals surface area contributed by atoms with Crippen LogP contribution in [0.3, 0.4) is 0 Å². The highest BCUT2D eigenvalue weighted by Crippen LogP contribution is 2.29. The molecule has 2 aromatic carbocycles. The lowest BCUT2D eigenvalue weighted by molar-refractivity contribution is 0.0731. The van der Waals surface area contributed by atoms with Gasteiger partial charge < -0.3 is 19.5 Å². The van der Waals surface area contributed by atoms with Gasteiger partial charge in [0.1, 0.15) is 12.7 Å². The highest BCUT2D eigenvalue weighted by Gasteiger charge is 2.17. The Kier molecular flexibility index (Phi) is 9.15. The van der Waals surface area contributed by atoms with Gasteiger partial charge in [0.25, 0.3) is 0 Å². The first-order chi connectivity index (χ1) is 15.1. The molecule has 1 heterocycles. The normalized spacial score (nSPS) is 16.4. The summed E-state index contributed by atoms with van der Waals surface area (Å²) in [5.41, 5.74) is 2.43. The Morgan fingerprint density at radius 1 is 0.968 bits per heavy atom. The van der Waals surface area contributed by atoms with Gasteiger partial charge in [-0.05, 0) is 36.9 Å². The predicted octanol–water partition coefficient (Wildman–Crippen LogP) is 2.70. The summed E-state index contributed by atoms with van der Waals surface area (Å²) in [5, 5.41) is 10.5. The van der Waals surface area contributed by atoms with Crippen LogP contribution in [-0.2, 0) is 13.1 Å². The molecular formula is C25H37N3O3. The second kappa shape index (κ2) is 12.1. The van der Waals surface area contributed by atoms with Crippen LogP contribution in [0, 0.1) is 0 Å². The van der Waals surface area contributed by atoms with Gasteiger partial charge in [-0.2, -0.15) is 0 Å². The van der Waals surface area contributed by atoms with E-state index in [2.05, 4.69) is 39.8 Å². The zero-order valence-electron chi connectivity index (χ0n) is 19.2. The minimum Gasteiger partial charge on any atom is -0.493 e. The third-order valence-corrected chi connectivity index (χ3v) is 5.80. The number of nitrogens with zero attached hydrogens (tertiary/aromatic N) is 3. The quantitative estimate of drug-likeness (QED) is 0.595. The van der Waals surface area contributed by atoms with Crippen molar-refractivity contribution in [1.29, 1.82) is 0 Å². The van der Waals surface area contributed by atoms with Gasteiger partial charge >= 0.3 is 0 Å². The zero-order valence-corrected chi connectivity index (χ0v) is 19.2. The molecule has 0 spiro atoms. The molecule has 1 fully saturated rings. The largest absolute Gasteiger partial charge is 0.493 e. The van der Waals surface area contributed by atoms with E-state index in [1.165, 1.54) is 11.1 Å². The number of methoxy groups -OCH3 is 1. The van der Waals surface area contributed by atoms with Crippen molar-refractivity contribution >= 4 is 0 Å². The van der Waals surface area contributed by atoms with E-state index < -0.39 is 6.10 Å². The Hall–Kier alpha value is -2.12. The van der Waals surface area contributed by atoms with Gasteiger partial charge in [-0.3, -0.25) is 9.80 Å². The average Bonchev–Trinajstić information content (AvgIpc) is 2.79. The lowest BCUT2D eigenvalue weighted by Crippen LogP contribution is -2.45. The molecule has 0 unspecified atom stereocenters. The van der Waals surface area contributed by atoms with Gasteiger partial charge in [0.2, 0.25) is 0 Å². The van der Waals surface area contributed by atoms with Crippen molar-refractivity contribution in [3.8, 4) is 11.5 Å². The van der Waals surface area contributed by atoms with Crippen molar-refractivity contribution in [3.63, 3.8) is 0 Å². The van der Waals surface area contributed by atoms with E-state index in [0.717, 1.165) is 45.8 Å². The van der Waals surface area contributed by atoms with E-state index in [0.29, 0.717) is 18.0 Å². The number of rotatable bonds is 11. The molecule has 170 valence electrons. The monoisotopic (exact) mass is 427 g/mol. The SMILES string of the molecule is CCN1CCN(Cc2ccc(OC)c(OC[C@H](O)CN(C)Cc3ccccc3)c2)CC1. The first kappa shape index (κ1) is 23.5. The van der Waals surface area contributed by atoms with Crippen molar-refractivity contribution in [3.05, 3.63) is 59.7 Å². The summed E-state index contributed by atoms with van der Waals surface area (Å²) in [4.78, 5) is 7.06. The van der Waals surface area contributed by atoms with Gasteiger partial charge in [-0.25, -0.2) is 0 Å². The number of aliphatic hydroxyl groups is 1. The average molecular weight is 428 g/mol. The molecule has 1 aliphatic heterocycles. The van der Waals surface area contributed by atoms with Crippen LogP contribution in [0.5, 0.6) is 11.5 Å². The molecule has 1 atom stereocenters. The minimum atomic E-state index is -0.579. The number of benzene rings is 2. The Bertz CT molecular complexity index is 779. The first-order valence-electron chi connectivity index (χ1n) is 11.2. The number of piperazine rings is 1. The molecule has 0 aromatic heterocycles. The maximum Gasteiger partial charge on any atom is 0.161 e. The van der Waals surface area contributed by atoms with E-state index in [1.54, 1.807) is 7.11 Å². The van der Waals surface area contributed by atoms with Crippen molar-refractivity contribution in [2.75, 3.05) is 60.0 Å². The van der Waals surface area contributed by atoms with Crippen molar-refractivity contribution in [2.45, 2.75) is 26.1 Å². The van der Waals surface area contributed by atoms with Crippen LogP contribution in [0.1, 0.15) is 18.1 Å². The fraction of sp³-hybridized carbons (Fsp3) is 0.520. The number of ether oxygens (including phenoxy) is 2. The molecule has 0 saturated carbocycles. The highest BCUT2D eigenvalue weighted by atomic mass is 16.5. The number of hydrogen-bond donors (Lipinski definition) is 1. The summed E-state index contributed by atoms with van der Waals surface area (Å²) in [6.07, 6.45) is -0.579. The molecule has 3 rings (SSSR count). The molecule has 6 heteroatoms. The fourth-order valence-electron chi connectivity index (χ4n) is 4.01. The van der Waals surface area contributed by atoms with Crippen LogP contribution >= 0.6 is 0 Å². The third-order valence-electron chi connectivity index (χ3n) is 5.80. The van der Waals surface area contributed by atoms with E-state index in [9.17, 15) is 5.11 Å². The Morgan fingerprint density at radius 2 is 1.68 bits per heavy atom. The molecule has 0 amide bonds. The standard InChI is InChI=1S/C25H37N3O3/c1-4-27-12-14-28(15-13-27)18-22-10-11-24(30-3)25(16-22)31-20-23(29)19-26(2)17-21-8-6-5-7-9-21/h5-11,16,23,29H,4,12-15,17-20H2,1-3H3/t23-/m1/s1. The summed E-state index contributed by atoms with van der Waals surface area (Å²) in [7, 11) is 3.66. The summed E-state index contributed by atoms with van der Waals surface area (Å²) in [6, 6.07) is 16.4. The number of hydrogen-bond acceptors (Lipinski definition) is 6. The molecule has 0 bridgehead atoms. The third kappa shape index (κ3) is 7.51. The van der Waals surface area contributed by atoms with Gasteiger partial charge in [0.15, 0.2) is 11.5 Å². The molecule has 0 radical (unpaired) electrons. The molecule has 0 aliphatic carbocycles. The summed E-state index contributed by atoms with van der Waals surface area (Å²) >= 11 is 0. The lowest BCUT2D eigenvalue weighted by Gasteiger charge is -2.34. The predicted molar refractivity (Wildman–Crippen MR) is 125 cm³/mol. The van der Waals surface area contributed by atoms with Crippen LogP contribution in [0.4, 0.5) is 0 Å². The van der Waals surface area contributed by atoms with Crippen LogP contribution < -0.4 is 9.47 Å². The van der Waals surface area contributed by atoms with Crippen LogP contribution in [0.15, 0.2) is 48.5 Å². The molecule has 1 saturated heterocycles. The summed E-state index contributed by atoms with van der Waals surface area (Å²) < 4.78 is 11.5. The lowest BCUT2D eigenvalue weighted by atomic mass is 10.1. The van der Waals surface area contributed by atoms with Gasteiger partial charge in [0, 0.05) is 45.8 Å². The Labute approximate surface area is 187 Å². The van der Waals surface area contributed by atoms with Crippen molar-refractivity contribution in [1.82, 2.24) is 14.7 Å². The van der Waals surface area contributed by atoms with E-state index in [4.69, 9.17) is 9.47 Å². The second-order valence-electron chi connectivity index (χ2n) is 8.34. The van der Waals surface area contributed by atoms with E-state index in [-0.39, 0.29) is 6.61 Å². The summed E-state index contributed by atoms with van der Waals surface area (Å²) in [5.74, 6) is 1.39. The van der Waals surface area contributed by atoms with E-state index >= 15 is 0 Å². The Morgan fingerprint density at radius 3 is 2.35 bits per heavy atom. The second-order valence-corrected chi connectivity index (χ2v) is 8.34. The molecule has 1 aliphatic rings. The number of aliphatic hydroxyl groups excluding tert-OH is 1. The van der Waals surface area contributed by atoms with Crippen molar-refractivity contribution < 1.29 is 14.6 Å². The fourth-order valence-corrected chi connectivity index (χ4v) is 4.01. The van der Waals surface area contributed by atoms with Crippen LogP contribution in [-0.4, -0.2) is 85.9 Å². The smallest absolute Gasteiger partial charge is 0.161 e. The maximum atomic E-state index is 10.5. The van der Waals surface area contributed by atoms with Crippen LogP contribution in [0.25, 0.3) is 0 Å². The summed E-state index contributed by atoms with van der Waals surface area (Å²) in [6.45, 7) is 10.2. The number of likely N-dealkylation sites (N-methyl/N-ethyl adjacent to an activating group) is 2. The first-order valence-corrected chi connectivity index (χ1v) is 11.2. The topological polar surface area (TPSA) is 48.4 Å². The zero-order chi connectivity index (χ0) is 22.1. The van der Waals surface area contributed by atoms with E-state index in [1.807, 2.05) is 37.4 Å². The maximum absolute atomic E-state index is 10.5. The molecule has 31 heavy (non-hydrogen) atoms. The molecule has 1 N–H and O–H groups in total. The molecule has 6 nitrogen and oxygen atoms in total. The Balaban J connectivity index is 1.50. The molecular weight excluding hydrogens is 390 g/mol. The highest BCUT2D eigenvalue weighted by molar-refractivity contribution is 5.43.